The van der Waals surface area contributed by atoms with Gasteiger partial charge in [0, 0.05) is 25.4 Å². The smallest absolute Gasteiger partial charge is 0.417 e. The maximum absolute atomic E-state index is 12.6. The van der Waals surface area contributed by atoms with E-state index in [-0.39, 0.29) is 12.0 Å². The first-order valence-corrected chi connectivity index (χ1v) is 7.95. The van der Waals surface area contributed by atoms with Gasteiger partial charge < -0.3 is 13.9 Å². The number of furan rings is 1. The van der Waals surface area contributed by atoms with E-state index < -0.39 is 11.7 Å². The lowest BCUT2D eigenvalue weighted by molar-refractivity contribution is -0.137. The molecule has 0 aliphatic carbocycles. The third-order valence-corrected chi connectivity index (χ3v) is 3.84. The van der Waals surface area contributed by atoms with Gasteiger partial charge >= 0.3 is 6.18 Å². The van der Waals surface area contributed by atoms with Crippen LogP contribution in [0.4, 0.5) is 13.2 Å². The van der Waals surface area contributed by atoms with Crippen LogP contribution < -0.4 is 4.74 Å². The van der Waals surface area contributed by atoms with E-state index in [0.29, 0.717) is 26.3 Å². The fraction of sp³-hybridized carbons (Fsp3) is 0.471. The zero-order chi connectivity index (χ0) is 17.9. The summed E-state index contributed by atoms with van der Waals surface area (Å²) in [6.07, 6.45) is -3.95. The maximum atomic E-state index is 12.6. The van der Waals surface area contributed by atoms with Gasteiger partial charge in [-0.1, -0.05) is 0 Å². The van der Waals surface area contributed by atoms with Crippen molar-refractivity contribution in [2.75, 3.05) is 26.3 Å². The second-order valence-electron chi connectivity index (χ2n) is 5.95. The summed E-state index contributed by atoms with van der Waals surface area (Å²) in [4.78, 5) is 5.87. The molecule has 2 aromatic rings. The van der Waals surface area contributed by atoms with E-state index in [0.717, 1.165) is 30.3 Å². The highest BCUT2D eigenvalue weighted by Crippen LogP contribution is 2.29. The van der Waals surface area contributed by atoms with Gasteiger partial charge in [-0.25, -0.2) is 4.98 Å². The minimum absolute atomic E-state index is 0.150. The van der Waals surface area contributed by atoms with Crippen molar-refractivity contribution in [3.8, 4) is 5.88 Å². The van der Waals surface area contributed by atoms with Crippen LogP contribution in [0.2, 0.25) is 0 Å². The molecule has 5 nitrogen and oxygen atoms in total. The van der Waals surface area contributed by atoms with Crippen LogP contribution in [0.3, 0.4) is 0 Å². The van der Waals surface area contributed by atoms with Crippen molar-refractivity contribution >= 4 is 0 Å². The van der Waals surface area contributed by atoms with Gasteiger partial charge in [-0.3, -0.25) is 4.90 Å². The molecule has 0 amide bonds. The molecule has 1 aliphatic rings. The molecule has 3 rings (SSSR count). The van der Waals surface area contributed by atoms with Crippen molar-refractivity contribution < 1.29 is 27.1 Å². The van der Waals surface area contributed by atoms with Gasteiger partial charge in [0.25, 0.3) is 0 Å². The van der Waals surface area contributed by atoms with E-state index in [1.54, 1.807) is 0 Å². The highest BCUT2D eigenvalue weighted by Gasteiger charge is 2.31. The predicted octanol–water partition coefficient (Wildman–Crippen LogP) is 3.28. The molecule has 136 valence electrons. The lowest BCUT2D eigenvalue weighted by Gasteiger charge is -2.22. The van der Waals surface area contributed by atoms with Gasteiger partial charge in [-0.2, -0.15) is 13.2 Å². The van der Waals surface area contributed by atoms with Crippen molar-refractivity contribution in [3.63, 3.8) is 0 Å². The van der Waals surface area contributed by atoms with E-state index >= 15 is 0 Å². The van der Waals surface area contributed by atoms with Crippen LogP contribution in [0.1, 0.15) is 17.1 Å². The standard InChI is InChI=1S/C17H19F3N2O3/c1-12-2-4-14(24-12)9-22-6-7-23-11-15(10-22)25-16-5-3-13(8-21-16)17(18,19)20/h2-5,8,15H,6-7,9-11H2,1H3. The largest absolute Gasteiger partial charge is 0.471 e. The van der Waals surface area contributed by atoms with Crippen molar-refractivity contribution in [2.24, 2.45) is 0 Å². The summed E-state index contributed by atoms with van der Waals surface area (Å²) in [6.45, 7) is 4.72. The van der Waals surface area contributed by atoms with Gasteiger partial charge in [0.1, 0.15) is 17.6 Å². The summed E-state index contributed by atoms with van der Waals surface area (Å²) in [5.74, 6) is 1.85. The minimum atomic E-state index is -4.41. The van der Waals surface area contributed by atoms with Crippen molar-refractivity contribution in [1.82, 2.24) is 9.88 Å². The van der Waals surface area contributed by atoms with Crippen LogP contribution in [0, 0.1) is 6.92 Å². The number of rotatable bonds is 4. The summed E-state index contributed by atoms with van der Waals surface area (Å²) in [6, 6.07) is 6.02. The van der Waals surface area contributed by atoms with Crippen LogP contribution >= 0.6 is 0 Å². The third kappa shape index (κ3) is 4.96. The average molecular weight is 356 g/mol. The predicted molar refractivity (Wildman–Crippen MR) is 83.2 cm³/mol. The van der Waals surface area contributed by atoms with Gasteiger partial charge in [-0.15, -0.1) is 0 Å². The SMILES string of the molecule is Cc1ccc(CN2CCOCC(Oc3ccc(C(F)(F)F)cn3)C2)o1. The second kappa shape index (κ2) is 7.45. The molecule has 0 spiro atoms. The molecule has 0 N–H and O–H groups in total. The van der Waals surface area contributed by atoms with Gasteiger partial charge in [0.15, 0.2) is 0 Å². The van der Waals surface area contributed by atoms with E-state index in [4.69, 9.17) is 13.9 Å². The molecule has 1 aliphatic heterocycles. The second-order valence-corrected chi connectivity index (χ2v) is 5.95. The van der Waals surface area contributed by atoms with E-state index in [1.165, 1.54) is 6.07 Å². The Morgan fingerprint density at radius 3 is 2.76 bits per heavy atom. The zero-order valence-corrected chi connectivity index (χ0v) is 13.8. The summed E-state index contributed by atoms with van der Waals surface area (Å²) >= 11 is 0. The maximum Gasteiger partial charge on any atom is 0.417 e. The van der Waals surface area contributed by atoms with Gasteiger partial charge in [-0.05, 0) is 25.1 Å². The van der Waals surface area contributed by atoms with Crippen molar-refractivity contribution in [2.45, 2.75) is 25.7 Å². The Morgan fingerprint density at radius 2 is 2.12 bits per heavy atom. The first-order valence-electron chi connectivity index (χ1n) is 7.95. The molecule has 0 aromatic carbocycles. The Kier molecular flexibility index (Phi) is 5.29. The number of hydrogen-bond donors (Lipinski definition) is 0. The zero-order valence-electron chi connectivity index (χ0n) is 13.8. The molecule has 1 saturated heterocycles. The van der Waals surface area contributed by atoms with Crippen LogP contribution in [-0.2, 0) is 17.5 Å². The number of ether oxygens (including phenoxy) is 2. The molecule has 1 atom stereocenters. The molecular formula is C17H19F3N2O3. The highest BCUT2D eigenvalue weighted by atomic mass is 19.4. The summed E-state index contributed by atoms with van der Waals surface area (Å²) < 4.78 is 54.5. The molecule has 1 unspecified atom stereocenters. The number of alkyl halides is 3. The van der Waals surface area contributed by atoms with E-state index in [2.05, 4.69) is 9.88 Å². The molecule has 3 heterocycles. The van der Waals surface area contributed by atoms with E-state index in [1.807, 2.05) is 19.1 Å². The number of aromatic nitrogens is 1. The monoisotopic (exact) mass is 356 g/mol. The average Bonchev–Trinajstić information content (AvgIpc) is 2.83. The van der Waals surface area contributed by atoms with Crippen molar-refractivity contribution in [1.29, 1.82) is 0 Å². The summed E-state index contributed by atoms with van der Waals surface area (Å²) in [5, 5.41) is 0. The topological polar surface area (TPSA) is 47.7 Å². The summed E-state index contributed by atoms with van der Waals surface area (Å²) in [5.41, 5.74) is -0.799. The molecule has 0 saturated carbocycles. The normalized spacial score (nSPS) is 19.6. The molecule has 0 bridgehead atoms. The Balaban J connectivity index is 1.61. The third-order valence-electron chi connectivity index (χ3n) is 3.84. The van der Waals surface area contributed by atoms with Crippen LogP contribution in [0.25, 0.3) is 0 Å². The molecule has 1 fully saturated rings. The first kappa shape index (κ1) is 17.8. The van der Waals surface area contributed by atoms with Gasteiger partial charge in [0.05, 0.1) is 25.3 Å². The Labute approximate surface area is 143 Å². The Hall–Kier alpha value is -2.06. The fourth-order valence-corrected chi connectivity index (χ4v) is 2.63. The first-order chi connectivity index (χ1) is 11.9. The van der Waals surface area contributed by atoms with Crippen molar-refractivity contribution in [3.05, 3.63) is 47.5 Å². The lowest BCUT2D eigenvalue weighted by atomic mass is 10.3. The highest BCUT2D eigenvalue weighted by molar-refractivity contribution is 5.20. The number of halogens is 3. The summed E-state index contributed by atoms with van der Waals surface area (Å²) in [7, 11) is 0. The number of nitrogens with zero attached hydrogens (tertiary/aromatic N) is 2. The molecular weight excluding hydrogens is 337 g/mol. The minimum Gasteiger partial charge on any atom is -0.471 e. The van der Waals surface area contributed by atoms with Gasteiger partial charge in [0.2, 0.25) is 5.88 Å². The van der Waals surface area contributed by atoms with Crippen LogP contribution in [0.15, 0.2) is 34.9 Å². The number of aryl methyl sites for hydroxylation is 1. The van der Waals surface area contributed by atoms with Crippen LogP contribution in [-0.4, -0.2) is 42.3 Å². The van der Waals surface area contributed by atoms with E-state index in [9.17, 15) is 13.2 Å². The lowest BCUT2D eigenvalue weighted by Crippen LogP contribution is -2.35. The Morgan fingerprint density at radius 1 is 1.28 bits per heavy atom. The number of hydrogen-bond acceptors (Lipinski definition) is 5. The molecule has 0 radical (unpaired) electrons. The van der Waals surface area contributed by atoms with Crippen LogP contribution in [0.5, 0.6) is 5.88 Å². The molecule has 25 heavy (non-hydrogen) atoms. The Bertz CT molecular complexity index is 685. The fourth-order valence-electron chi connectivity index (χ4n) is 2.63. The number of pyridine rings is 1. The molecule has 2 aromatic heterocycles. The quantitative estimate of drug-likeness (QED) is 0.841. The molecule has 8 heteroatoms.